The molecule has 2 heterocycles. The first kappa shape index (κ1) is 48.9. The van der Waals surface area contributed by atoms with Gasteiger partial charge in [-0.25, -0.2) is 28.8 Å². The predicted octanol–water partition coefficient (Wildman–Crippen LogP) is 6.94. The normalized spacial score (nSPS) is 22.2. The Hall–Kier alpha value is -8.51. The van der Waals surface area contributed by atoms with E-state index in [2.05, 4.69) is 5.16 Å². The average Bonchev–Trinajstić information content (AvgIpc) is 3.42. The molecular formula is C54H45NO16. The summed E-state index contributed by atoms with van der Waals surface area (Å²) in [4.78, 5) is 83.2. The number of hydrogen-bond acceptors (Lipinski definition) is 17. The highest BCUT2D eigenvalue weighted by Crippen LogP contribution is 2.35. The second-order valence-electron chi connectivity index (χ2n) is 15.9. The minimum absolute atomic E-state index is 0.0344. The second kappa shape index (κ2) is 23.7. The van der Waals surface area contributed by atoms with Crippen LogP contribution >= 0.6 is 0 Å². The van der Waals surface area contributed by atoms with Gasteiger partial charge >= 0.3 is 35.8 Å². The van der Waals surface area contributed by atoms with Crippen molar-refractivity contribution in [2.24, 2.45) is 5.16 Å². The van der Waals surface area contributed by atoms with Gasteiger partial charge in [0.05, 0.1) is 40.0 Å². The Bertz CT molecular complexity index is 2780. The van der Waals surface area contributed by atoms with Crippen LogP contribution in [0, 0.1) is 0 Å². The summed E-state index contributed by atoms with van der Waals surface area (Å²) in [5.41, 5.74) is 0.344. The van der Waals surface area contributed by atoms with Gasteiger partial charge in [-0.15, -0.1) is 0 Å². The lowest BCUT2D eigenvalue weighted by Crippen LogP contribution is -2.65. The Morgan fingerprint density at radius 3 is 1.15 bits per heavy atom. The first-order chi connectivity index (χ1) is 34.7. The number of ether oxygens (including phenoxy) is 9. The zero-order valence-electron chi connectivity index (χ0n) is 37.6. The second-order valence-corrected chi connectivity index (χ2v) is 15.9. The first-order valence-electron chi connectivity index (χ1n) is 22.3. The Kier molecular flexibility index (Phi) is 16.3. The van der Waals surface area contributed by atoms with Gasteiger partial charge in [0.25, 0.3) is 0 Å². The molecular weight excluding hydrogens is 919 g/mol. The number of benzene rings is 6. The lowest BCUT2D eigenvalue weighted by molar-refractivity contribution is -0.322. The summed E-state index contributed by atoms with van der Waals surface area (Å²) in [5.74, 6) is -5.33. The number of nitrogens with zero attached hydrogens (tertiary/aromatic N) is 1. The minimum Gasteiger partial charge on any atom is -0.459 e. The van der Waals surface area contributed by atoms with Crippen LogP contribution < -0.4 is 0 Å². The third-order valence-electron chi connectivity index (χ3n) is 11.2. The quantitative estimate of drug-likeness (QED) is 0.0449. The summed E-state index contributed by atoms with van der Waals surface area (Å²) >= 11 is 0. The van der Waals surface area contributed by atoms with Gasteiger partial charge in [0, 0.05) is 0 Å². The zero-order valence-corrected chi connectivity index (χ0v) is 37.6. The van der Waals surface area contributed by atoms with Gasteiger partial charge in [-0.2, -0.15) is 0 Å². The van der Waals surface area contributed by atoms with Gasteiger partial charge in [0.15, 0.2) is 30.7 Å². The van der Waals surface area contributed by atoms with Crippen molar-refractivity contribution < 1.29 is 76.6 Å². The molecule has 17 nitrogen and oxygen atoms in total. The van der Waals surface area contributed by atoms with Gasteiger partial charge in [-0.3, -0.25) is 0 Å². The van der Waals surface area contributed by atoms with Crippen LogP contribution in [0.4, 0.5) is 0 Å². The van der Waals surface area contributed by atoms with Crippen molar-refractivity contribution in [2.75, 3.05) is 19.8 Å². The minimum atomic E-state index is -1.94. The third-order valence-corrected chi connectivity index (χ3v) is 11.2. The van der Waals surface area contributed by atoms with E-state index in [4.69, 9.17) is 42.6 Å². The van der Waals surface area contributed by atoms with Gasteiger partial charge in [0.2, 0.25) is 0 Å². The number of hydrogen-bond donors (Lipinski definition) is 1. The van der Waals surface area contributed by atoms with E-state index in [1.54, 1.807) is 109 Å². The molecule has 0 unspecified atom stereocenters. The largest absolute Gasteiger partial charge is 0.459 e. The van der Waals surface area contributed by atoms with E-state index in [9.17, 15) is 34.0 Å². The monoisotopic (exact) mass is 963 g/mol. The van der Waals surface area contributed by atoms with Crippen LogP contribution in [-0.2, 0) is 42.6 Å². The van der Waals surface area contributed by atoms with E-state index in [1.807, 2.05) is 0 Å². The highest BCUT2D eigenvalue weighted by atomic mass is 16.8. The molecule has 6 aromatic rings. The van der Waals surface area contributed by atoms with Crippen molar-refractivity contribution in [3.63, 3.8) is 0 Å². The number of oxime groups is 1. The highest BCUT2D eigenvalue weighted by molar-refractivity contribution is 5.96. The summed E-state index contributed by atoms with van der Waals surface area (Å²) in [6, 6.07) is 47.2. The number of esters is 6. The molecule has 2 saturated heterocycles. The van der Waals surface area contributed by atoms with E-state index in [0.717, 1.165) is 0 Å². The molecule has 2 aliphatic heterocycles. The lowest BCUT2D eigenvalue weighted by atomic mass is 9.96. The van der Waals surface area contributed by atoms with Crippen molar-refractivity contribution in [1.82, 2.24) is 0 Å². The molecule has 362 valence electrons. The number of carbonyl (C=O) groups excluding carboxylic acids is 6. The SMILES string of the molecule is O=C(OC[C@H]1O[C@@H](O[C@H]2[C@H](OC(=O)c3ccccc3)/C(=N/O)CO[C@@H]2COC(=O)c2ccccc2)[C@H](OC(=O)c2ccccc2)[C@@H](OC(=O)c2ccccc2)[C@H]1OC(=O)c1ccccc1)c1ccccc1. The van der Waals surface area contributed by atoms with Gasteiger partial charge < -0.3 is 47.8 Å². The Labute approximate surface area is 406 Å². The Morgan fingerprint density at radius 1 is 0.423 bits per heavy atom. The maximum absolute atomic E-state index is 14.2. The zero-order chi connectivity index (χ0) is 49.5. The van der Waals surface area contributed by atoms with Crippen molar-refractivity contribution in [2.45, 2.75) is 49.0 Å². The van der Waals surface area contributed by atoms with Crippen LogP contribution in [0.25, 0.3) is 0 Å². The molecule has 0 spiro atoms. The molecule has 8 atom stereocenters. The molecule has 71 heavy (non-hydrogen) atoms. The number of carbonyl (C=O) groups is 6. The average molecular weight is 964 g/mol. The fraction of sp³-hybridized carbons (Fsp3) is 0.204. The van der Waals surface area contributed by atoms with Crippen LogP contribution in [0.3, 0.4) is 0 Å². The Morgan fingerprint density at radius 2 is 0.761 bits per heavy atom. The van der Waals surface area contributed by atoms with E-state index >= 15 is 0 Å². The summed E-state index contributed by atoms with van der Waals surface area (Å²) in [7, 11) is 0. The standard InChI is InChI=1S/C54H45NO16/c56-48(34-19-7-1-8-20-34)64-32-41-44(43(40(55-62)31-63-41)67-50(58)36-23-11-3-12-24-36)71-54-47(70-53(61)39-29-17-6-18-30-39)46(69-52(60)38-27-15-5-16-28-38)45(68-51(59)37-25-13-4-14-26-37)42(66-54)33-65-49(57)35-21-9-2-10-22-35/h1-30,41-47,54,62H,31-33H2/b55-40+/t41-,42-,43-,44-,45+,46+,47-,54+/m1/s1. The maximum Gasteiger partial charge on any atom is 0.338 e. The summed E-state index contributed by atoms with van der Waals surface area (Å²) < 4.78 is 55.4. The van der Waals surface area contributed by atoms with Crippen LogP contribution in [-0.4, -0.2) is 116 Å². The van der Waals surface area contributed by atoms with Crippen LogP contribution in [0.2, 0.25) is 0 Å². The fourth-order valence-electron chi connectivity index (χ4n) is 7.64. The molecule has 2 fully saturated rings. The highest BCUT2D eigenvalue weighted by Gasteiger charge is 2.56. The van der Waals surface area contributed by atoms with Gasteiger partial charge in [-0.05, 0) is 72.8 Å². The van der Waals surface area contributed by atoms with Crippen molar-refractivity contribution in [1.29, 1.82) is 0 Å². The van der Waals surface area contributed by atoms with Crippen molar-refractivity contribution in [3.8, 4) is 0 Å². The molecule has 2 aliphatic rings. The van der Waals surface area contributed by atoms with Crippen LogP contribution in [0.15, 0.2) is 187 Å². The summed E-state index contributed by atoms with van der Waals surface area (Å²) in [6.45, 7) is -1.70. The predicted molar refractivity (Wildman–Crippen MR) is 249 cm³/mol. The molecule has 1 N–H and O–H groups in total. The smallest absolute Gasteiger partial charge is 0.338 e. The molecule has 17 heteroatoms. The molecule has 0 aliphatic carbocycles. The van der Waals surface area contributed by atoms with Gasteiger partial charge in [-0.1, -0.05) is 114 Å². The first-order valence-corrected chi connectivity index (χ1v) is 22.3. The summed E-state index contributed by atoms with van der Waals surface area (Å²) in [6.07, 6.45) is -13.6. The molecule has 8 rings (SSSR count). The van der Waals surface area contributed by atoms with E-state index in [-0.39, 0.29) is 39.1 Å². The number of rotatable bonds is 16. The maximum atomic E-state index is 14.2. The Balaban J connectivity index is 1.24. The van der Waals surface area contributed by atoms with E-state index < -0.39 is 105 Å². The van der Waals surface area contributed by atoms with Crippen LogP contribution in [0.5, 0.6) is 0 Å². The lowest BCUT2D eigenvalue weighted by Gasteiger charge is -2.46. The van der Waals surface area contributed by atoms with Gasteiger partial charge in [0.1, 0.15) is 37.2 Å². The molecule has 0 radical (unpaired) electrons. The van der Waals surface area contributed by atoms with E-state index in [0.29, 0.717) is 0 Å². The fourth-order valence-corrected chi connectivity index (χ4v) is 7.64. The molecule has 0 saturated carbocycles. The van der Waals surface area contributed by atoms with E-state index in [1.165, 1.54) is 72.8 Å². The van der Waals surface area contributed by atoms with Crippen LogP contribution in [0.1, 0.15) is 62.1 Å². The topological polar surface area (TPSA) is 218 Å². The molecule has 6 aromatic carbocycles. The van der Waals surface area contributed by atoms with Crippen molar-refractivity contribution in [3.05, 3.63) is 215 Å². The molecule has 0 amide bonds. The molecule has 0 aromatic heterocycles. The summed E-state index contributed by atoms with van der Waals surface area (Å²) in [5, 5.41) is 13.7. The van der Waals surface area contributed by atoms with Crippen molar-refractivity contribution >= 4 is 41.5 Å². The molecule has 0 bridgehead atoms. The third kappa shape index (κ3) is 12.4.